The fraction of sp³-hybridized carbons (Fsp3) is 0.133. The van der Waals surface area contributed by atoms with Gasteiger partial charge in [0.1, 0.15) is 5.75 Å². The van der Waals surface area contributed by atoms with E-state index in [1.807, 2.05) is 12.1 Å². The smallest absolute Gasteiger partial charge is 0.258 e. The Balaban J connectivity index is 1.80. The Morgan fingerprint density at radius 3 is 2.52 bits per heavy atom. The molecule has 2 rings (SSSR count). The largest absolute Gasteiger partial charge is 0.482 e. The first-order chi connectivity index (χ1) is 10.0. The van der Waals surface area contributed by atoms with Crippen molar-refractivity contribution in [3.63, 3.8) is 0 Å². The lowest BCUT2D eigenvalue weighted by atomic mass is 10.2. The Labute approximate surface area is 141 Å². The number of ether oxygens (including phenoxy) is 1. The Morgan fingerprint density at radius 1 is 1.14 bits per heavy atom. The standard InChI is InChI=1S/C15H12BrCl2NO2/c16-11-3-6-14(13(18)7-11)21-9-15(20)19-8-10-1-4-12(17)5-2-10/h1-7H,8-9H2,(H,19,20). The predicted octanol–water partition coefficient (Wildman–Crippen LogP) is 4.45. The highest BCUT2D eigenvalue weighted by Gasteiger charge is 2.06. The normalized spacial score (nSPS) is 10.2. The number of benzene rings is 2. The van der Waals surface area contributed by atoms with Crippen LogP contribution in [0, 0.1) is 0 Å². The van der Waals surface area contributed by atoms with Crippen LogP contribution in [-0.4, -0.2) is 12.5 Å². The molecule has 0 aliphatic heterocycles. The maximum atomic E-state index is 11.7. The molecule has 6 heteroatoms. The summed E-state index contributed by atoms with van der Waals surface area (Å²) in [5, 5.41) is 3.88. The SMILES string of the molecule is O=C(COc1ccc(Br)cc1Cl)NCc1ccc(Cl)cc1. The van der Waals surface area contributed by atoms with E-state index in [9.17, 15) is 4.79 Å². The molecule has 2 aromatic carbocycles. The van der Waals surface area contributed by atoms with E-state index in [-0.39, 0.29) is 12.5 Å². The molecule has 0 radical (unpaired) electrons. The summed E-state index contributed by atoms with van der Waals surface area (Å²) in [4.78, 5) is 11.7. The molecule has 0 fully saturated rings. The zero-order valence-electron chi connectivity index (χ0n) is 10.9. The monoisotopic (exact) mass is 387 g/mol. The molecule has 0 atom stereocenters. The average Bonchev–Trinajstić information content (AvgIpc) is 2.46. The zero-order chi connectivity index (χ0) is 15.2. The summed E-state index contributed by atoms with van der Waals surface area (Å²) in [6.45, 7) is 0.336. The topological polar surface area (TPSA) is 38.3 Å². The van der Waals surface area contributed by atoms with Crippen molar-refractivity contribution in [2.24, 2.45) is 0 Å². The maximum absolute atomic E-state index is 11.7. The van der Waals surface area contributed by atoms with Crippen LogP contribution in [0.1, 0.15) is 5.56 Å². The molecular formula is C15H12BrCl2NO2. The first-order valence-corrected chi connectivity index (χ1v) is 7.68. The van der Waals surface area contributed by atoms with E-state index >= 15 is 0 Å². The van der Waals surface area contributed by atoms with Gasteiger partial charge in [0.05, 0.1) is 5.02 Å². The summed E-state index contributed by atoms with van der Waals surface area (Å²) < 4.78 is 6.23. The molecule has 0 aromatic heterocycles. The number of nitrogens with one attached hydrogen (secondary N) is 1. The lowest BCUT2D eigenvalue weighted by Crippen LogP contribution is -2.28. The molecule has 0 spiro atoms. The Bertz CT molecular complexity index is 632. The molecule has 0 heterocycles. The van der Waals surface area contributed by atoms with E-state index < -0.39 is 0 Å². The highest BCUT2D eigenvalue weighted by atomic mass is 79.9. The lowest BCUT2D eigenvalue weighted by molar-refractivity contribution is -0.123. The first-order valence-electron chi connectivity index (χ1n) is 6.13. The van der Waals surface area contributed by atoms with Crippen LogP contribution >= 0.6 is 39.1 Å². The van der Waals surface area contributed by atoms with E-state index in [2.05, 4.69) is 21.2 Å². The molecule has 110 valence electrons. The minimum atomic E-state index is -0.219. The Morgan fingerprint density at radius 2 is 1.86 bits per heavy atom. The van der Waals surface area contributed by atoms with Crippen molar-refractivity contribution in [2.45, 2.75) is 6.54 Å². The van der Waals surface area contributed by atoms with Gasteiger partial charge in [0, 0.05) is 16.0 Å². The van der Waals surface area contributed by atoms with Gasteiger partial charge >= 0.3 is 0 Å². The minimum absolute atomic E-state index is 0.0884. The molecular weight excluding hydrogens is 377 g/mol. The van der Waals surface area contributed by atoms with Crippen molar-refractivity contribution >= 4 is 45.0 Å². The van der Waals surface area contributed by atoms with Crippen LogP contribution in [0.2, 0.25) is 10.0 Å². The highest BCUT2D eigenvalue weighted by molar-refractivity contribution is 9.10. The number of hydrogen-bond acceptors (Lipinski definition) is 2. The number of halogens is 3. The zero-order valence-corrected chi connectivity index (χ0v) is 14.0. The maximum Gasteiger partial charge on any atom is 0.258 e. The van der Waals surface area contributed by atoms with Crippen LogP contribution in [0.4, 0.5) is 0 Å². The number of rotatable bonds is 5. The van der Waals surface area contributed by atoms with E-state index in [4.69, 9.17) is 27.9 Å². The van der Waals surface area contributed by atoms with E-state index in [0.29, 0.717) is 22.3 Å². The summed E-state index contributed by atoms with van der Waals surface area (Å²) >= 11 is 15.1. The van der Waals surface area contributed by atoms with Crippen LogP contribution in [0.15, 0.2) is 46.9 Å². The third kappa shape index (κ3) is 5.23. The van der Waals surface area contributed by atoms with Gasteiger partial charge in [-0.1, -0.05) is 51.3 Å². The van der Waals surface area contributed by atoms with Crippen LogP contribution in [-0.2, 0) is 11.3 Å². The minimum Gasteiger partial charge on any atom is -0.482 e. The quantitative estimate of drug-likeness (QED) is 0.821. The molecule has 1 amide bonds. The average molecular weight is 389 g/mol. The van der Waals surface area contributed by atoms with Gasteiger partial charge in [-0.3, -0.25) is 4.79 Å². The van der Waals surface area contributed by atoms with Crippen molar-refractivity contribution in [1.29, 1.82) is 0 Å². The van der Waals surface area contributed by atoms with E-state index in [1.54, 1.807) is 30.3 Å². The highest BCUT2D eigenvalue weighted by Crippen LogP contribution is 2.27. The number of carbonyl (C=O) groups is 1. The summed E-state index contributed by atoms with van der Waals surface area (Å²) in [6, 6.07) is 12.5. The number of amides is 1. The first kappa shape index (κ1) is 16.1. The Kier molecular flexibility index (Phi) is 5.91. The van der Waals surface area contributed by atoms with Gasteiger partial charge in [-0.2, -0.15) is 0 Å². The van der Waals surface area contributed by atoms with Gasteiger partial charge in [-0.05, 0) is 35.9 Å². The summed E-state index contributed by atoms with van der Waals surface area (Å²) in [5.74, 6) is 0.255. The lowest BCUT2D eigenvalue weighted by Gasteiger charge is -2.09. The van der Waals surface area contributed by atoms with Crippen molar-refractivity contribution in [1.82, 2.24) is 5.32 Å². The van der Waals surface area contributed by atoms with Crippen LogP contribution < -0.4 is 10.1 Å². The third-order valence-electron chi connectivity index (χ3n) is 2.66. The molecule has 0 unspecified atom stereocenters. The molecule has 21 heavy (non-hydrogen) atoms. The molecule has 3 nitrogen and oxygen atoms in total. The van der Waals surface area contributed by atoms with Gasteiger partial charge in [-0.15, -0.1) is 0 Å². The van der Waals surface area contributed by atoms with Crippen molar-refractivity contribution in [3.05, 3.63) is 62.5 Å². The molecule has 2 aromatic rings. The summed E-state index contributed by atoms with van der Waals surface area (Å²) in [6.07, 6.45) is 0. The van der Waals surface area contributed by atoms with Gasteiger partial charge in [0.15, 0.2) is 6.61 Å². The third-order valence-corrected chi connectivity index (χ3v) is 3.70. The second-order valence-corrected chi connectivity index (χ2v) is 6.03. The van der Waals surface area contributed by atoms with Crippen LogP contribution in [0.5, 0.6) is 5.75 Å². The predicted molar refractivity (Wildman–Crippen MR) is 87.9 cm³/mol. The fourth-order valence-electron chi connectivity index (χ4n) is 1.59. The molecule has 0 aliphatic carbocycles. The van der Waals surface area contributed by atoms with E-state index in [1.165, 1.54) is 0 Å². The summed E-state index contributed by atoms with van der Waals surface area (Å²) in [5.41, 5.74) is 0.967. The molecule has 0 bridgehead atoms. The van der Waals surface area contributed by atoms with Crippen LogP contribution in [0.25, 0.3) is 0 Å². The van der Waals surface area contributed by atoms with Gasteiger partial charge in [0.2, 0.25) is 0 Å². The fourth-order valence-corrected chi connectivity index (χ4v) is 2.44. The molecule has 0 saturated carbocycles. The molecule has 1 N–H and O–H groups in total. The van der Waals surface area contributed by atoms with Crippen LogP contribution in [0.3, 0.4) is 0 Å². The van der Waals surface area contributed by atoms with Crippen molar-refractivity contribution in [2.75, 3.05) is 6.61 Å². The molecule has 0 aliphatic rings. The number of hydrogen-bond donors (Lipinski definition) is 1. The van der Waals surface area contributed by atoms with Gasteiger partial charge in [-0.25, -0.2) is 0 Å². The van der Waals surface area contributed by atoms with Crippen molar-refractivity contribution < 1.29 is 9.53 Å². The summed E-state index contributed by atoms with van der Waals surface area (Å²) in [7, 11) is 0. The second kappa shape index (κ2) is 7.69. The van der Waals surface area contributed by atoms with Gasteiger partial charge < -0.3 is 10.1 Å². The van der Waals surface area contributed by atoms with Crippen molar-refractivity contribution in [3.8, 4) is 5.75 Å². The van der Waals surface area contributed by atoms with E-state index in [0.717, 1.165) is 10.0 Å². The molecule has 0 saturated heterocycles. The van der Waals surface area contributed by atoms with Gasteiger partial charge in [0.25, 0.3) is 5.91 Å². The number of carbonyl (C=O) groups excluding carboxylic acids is 1. The second-order valence-electron chi connectivity index (χ2n) is 4.27. The Hall–Kier alpha value is -1.23.